The zero-order chi connectivity index (χ0) is 12.1. The van der Waals surface area contributed by atoms with Crippen molar-refractivity contribution in [1.29, 1.82) is 0 Å². The van der Waals surface area contributed by atoms with Crippen LogP contribution in [-0.2, 0) is 0 Å². The predicted molar refractivity (Wildman–Crippen MR) is 71.4 cm³/mol. The second-order valence-corrected chi connectivity index (χ2v) is 5.39. The zero-order valence-corrected chi connectivity index (χ0v) is 11.6. The Hall–Kier alpha value is -0.630. The summed E-state index contributed by atoms with van der Waals surface area (Å²) in [6.07, 6.45) is 4.26. The summed E-state index contributed by atoms with van der Waals surface area (Å²) in [5.41, 5.74) is 2.44. The van der Waals surface area contributed by atoms with Crippen LogP contribution in [0.1, 0.15) is 60.3 Å². The number of carbonyl (C=O) groups excluding carboxylic acids is 1. The number of Topliss-reactive ketones (excluding diaryl/α,β-unsaturated/α-hetero) is 1. The fraction of sp³-hybridized carbons (Fsp3) is 0.643. The summed E-state index contributed by atoms with van der Waals surface area (Å²) in [4.78, 5) is 13.4. The van der Waals surface area contributed by atoms with E-state index < -0.39 is 0 Å². The molecule has 0 aliphatic carbocycles. The highest BCUT2D eigenvalue weighted by Gasteiger charge is 2.21. The van der Waals surface area contributed by atoms with Gasteiger partial charge >= 0.3 is 0 Å². The molecule has 0 saturated heterocycles. The Morgan fingerprint density at radius 3 is 2.19 bits per heavy atom. The number of hydrogen-bond acceptors (Lipinski definition) is 2. The predicted octanol–water partition coefficient (Wildman–Crippen LogP) is 4.76. The van der Waals surface area contributed by atoms with Crippen LogP contribution in [0.25, 0.3) is 0 Å². The molecule has 1 nitrogen and oxygen atoms in total. The summed E-state index contributed by atoms with van der Waals surface area (Å²) >= 11 is 1.61. The van der Waals surface area contributed by atoms with Crippen LogP contribution >= 0.6 is 11.3 Å². The Balaban J connectivity index is 2.85. The lowest BCUT2D eigenvalue weighted by Gasteiger charge is -2.13. The molecule has 0 bridgehead atoms. The van der Waals surface area contributed by atoms with Gasteiger partial charge in [0.1, 0.15) is 0 Å². The normalized spacial score (nSPS) is 11.1. The fourth-order valence-corrected chi connectivity index (χ4v) is 3.13. The molecule has 0 spiro atoms. The summed E-state index contributed by atoms with van der Waals surface area (Å²) in [6.45, 7) is 8.45. The van der Waals surface area contributed by atoms with Gasteiger partial charge in [-0.05, 0) is 43.2 Å². The molecule has 0 unspecified atom stereocenters. The van der Waals surface area contributed by atoms with Crippen LogP contribution in [0, 0.1) is 19.8 Å². The van der Waals surface area contributed by atoms with Gasteiger partial charge in [-0.15, -0.1) is 11.3 Å². The molecule has 0 aromatic carbocycles. The van der Waals surface area contributed by atoms with E-state index in [0.29, 0.717) is 5.78 Å². The van der Waals surface area contributed by atoms with Crippen molar-refractivity contribution >= 4 is 17.1 Å². The van der Waals surface area contributed by atoms with Crippen LogP contribution in [0.3, 0.4) is 0 Å². The van der Waals surface area contributed by atoms with Gasteiger partial charge in [-0.2, -0.15) is 0 Å². The molecule has 0 amide bonds. The minimum absolute atomic E-state index is 0.242. The van der Waals surface area contributed by atoms with E-state index in [-0.39, 0.29) is 5.92 Å². The van der Waals surface area contributed by atoms with E-state index in [1.165, 1.54) is 11.1 Å². The van der Waals surface area contributed by atoms with Gasteiger partial charge in [-0.3, -0.25) is 4.79 Å². The monoisotopic (exact) mass is 238 g/mol. The standard InChI is InChI=1S/C14H22OS/c1-5-7-12(8-6-2)13(15)14-11(4)10(3)9-16-14/h9,12H,5-8H2,1-4H3. The Kier molecular flexibility index (Phi) is 5.20. The van der Waals surface area contributed by atoms with Crippen molar-refractivity contribution in [3.05, 3.63) is 21.4 Å². The van der Waals surface area contributed by atoms with Crippen molar-refractivity contribution in [2.24, 2.45) is 5.92 Å². The van der Waals surface area contributed by atoms with Crippen LogP contribution in [0.2, 0.25) is 0 Å². The minimum atomic E-state index is 0.242. The highest BCUT2D eigenvalue weighted by atomic mass is 32.1. The number of ketones is 1. The molecular weight excluding hydrogens is 216 g/mol. The molecule has 0 fully saturated rings. The Labute approximate surface area is 103 Å². The number of aryl methyl sites for hydroxylation is 1. The van der Waals surface area contributed by atoms with Crippen molar-refractivity contribution in [3.8, 4) is 0 Å². The van der Waals surface area contributed by atoms with E-state index >= 15 is 0 Å². The third kappa shape index (κ3) is 2.94. The molecule has 0 N–H and O–H groups in total. The van der Waals surface area contributed by atoms with E-state index in [1.54, 1.807) is 11.3 Å². The fourth-order valence-electron chi connectivity index (χ4n) is 2.03. The topological polar surface area (TPSA) is 17.1 Å². The van der Waals surface area contributed by atoms with Gasteiger partial charge in [-0.25, -0.2) is 0 Å². The third-order valence-corrected chi connectivity index (χ3v) is 4.37. The molecule has 0 aliphatic heterocycles. The first-order chi connectivity index (χ1) is 7.61. The van der Waals surface area contributed by atoms with E-state index in [9.17, 15) is 4.79 Å². The minimum Gasteiger partial charge on any atom is -0.293 e. The summed E-state index contributed by atoms with van der Waals surface area (Å²) in [5, 5.41) is 2.09. The highest BCUT2D eigenvalue weighted by Crippen LogP contribution is 2.27. The van der Waals surface area contributed by atoms with Crippen molar-refractivity contribution in [1.82, 2.24) is 0 Å². The summed E-state index contributed by atoms with van der Waals surface area (Å²) < 4.78 is 0. The average molecular weight is 238 g/mol. The van der Waals surface area contributed by atoms with Crippen molar-refractivity contribution < 1.29 is 4.79 Å². The second kappa shape index (κ2) is 6.19. The number of hydrogen-bond donors (Lipinski definition) is 0. The van der Waals surface area contributed by atoms with Crippen LogP contribution in [0.4, 0.5) is 0 Å². The SMILES string of the molecule is CCCC(CCC)C(=O)c1scc(C)c1C. The lowest BCUT2D eigenvalue weighted by molar-refractivity contribution is 0.0908. The van der Waals surface area contributed by atoms with Gasteiger partial charge in [0.2, 0.25) is 0 Å². The van der Waals surface area contributed by atoms with Crippen LogP contribution < -0.4 is 0 Å². The smallest absolute Gasteiger partial charge is 0.176 e. The maximum absolute atomic E-state index is 12.4. The summed E-state index contributed by atoms with van der Waals surface area (Å²) in [6, 6.07) is 0. The van der Waals surface area contributed by atoms with Crippen molar-refractivity contribution in [3.63, 3.8) is 0 Å². The van der Waals surface area contributed by atoms with Gasteiger partial charge in [0.25, 0.3) is 0 Å². The molecule has 1 rings (SSSR count). The first-order valence-corrected chi connectivity index (χ1v) is 7.08. The van der Waals surface area contributed by atoms with Crippen molar-refractivity contribution in [2.75, 3.05) is 0 Å². The Morgan fingerprint density at radius 1 is 1.25 bits per heavy atom. The van der Waals surface area contributed by atoms with Crippen LogP contribution in [0.5, 0.6) is 0 Å². The van der Waals surface area contributed by atoms with Gasteiger partial charge < -0.3 is 0 Å². The van der Waals surface area contributed by atoms with Gasteiger partial charge in [-0.1, -0.05) is 26.7 Å². The Bertz CT molecular complexity index is 346. The maximum Gasteiger partial charge on any atom is 0.176 e. The number of carbonyl (C=O) groups is 1. The summed E-state index contributed by atoms with van der Waals surface area (Å²) in [5.74, 6) is 0.617. The largest absolute Gasteiger partial charge is 0.293 e. The first kappa shape index (κ1) is 13.4. The lowest BCUT2D eigenvalue weighted by atomic mass is 9.91. The molecule has 1 heterocycles. The molecule has 1 aromatic rings. The number of thiophene rings is 1. The molecule has 0 atom stereocenters. The molecule has 0 aliphatic rings. The third-order valence-electron chi connectivity index (χ3n) is 3.15. The molecule has 0 radical (unpaired) electrons. The Morgan fingerprint density at radius 2 is 1.81 bits per heavy atom. The maximum atomic E-state index is 12.4. The second-order valence-electron chi connectivity index (χ2n) is 4.51. The first-order valence-electron chi connectivity index (χ1n) is 6.20. The van der Waals surface area contributed by atoms with Crippen LogP contribution in [-0.4, -0.2) is 5.78 Å². The molecule has 0 saturated carbocycles. The molecular formula is C14H22OS. The van der Waals surface area contributed by atoms with E-state index in [1.807, 2.05) is 0 Å². The van der Waals surface area contributed by atoms with E-state index in [2.05, 4.69) is 33.1 Å². The summed E-state index contributed by atoms with van der Waals surface area (Å²) in [7, 11) is 0. The molecule has 90 valence electrons. The van der Waals surface area contributed by atoms with E-state index in [0.717, 1.165) is 30.6 Å². The quantitative estimate of drug-likeness (QED) is 0.653. The lowest BCUT2D eigenvalue weighted by Crippen LogP contribution is -2.14. The van der Waals surface area contributed by atoms with Crippen molar-refractivity contribution in [2.45, 2.75) is 53.4 Å². The number of rotatable bonds is 6. The van der Waals surface area contributed by atoms with Gasteiger partial charge in [0, 0.05) is 5.92 Å². The molecule has 1 aromatic heterocycles. The van der Waals surface area contributed by atoms with E-state index in [4.69, 9.17) is 0 Å². The molecule has 16 heavy (non-hydrogen) atoms. The highest BCUT2D eigenvalue weighted by molar-refractivity contribution is 7.12. The van der Waals surface area contributed by atoms with Gasteiger partial charge in [0.05, 0.1) is 4.88 Å². The molecule has 2 heteroatoms. The van der Waals surface area contributed by atoms with Crippen LogP contribution in [0.15, 0.2) is 5.38 Å². The zero-order valence-electron chi connectivity index (χ0n) is 10.8. The average Bonchev–Trinajstić information content (AvgIpc) is 2.59. The van der Waals surface area contributed by atoms with Gasteiger partial charge in [0.15, 0.2) is 5.78 Å².